The molecule has 0 unspecified atom stereocenters. The lowest BCUT2D eigenvalue weighted by atomic mass is 10.2. The summed E-state index contributed by atoms with van der Waals surface area (Å²) in [6.07, 6.45) is -0.530. The molecule has 0 radical (unpaired) electrons. The molecular weight excluding hydrogens is 206 g/mol. The van der Waals surface area contributed by atoms with E-state index in [2.05, 4.69) is 5.32 Å². The van der Waals surface area contributed by atoms with Gasteiger partial charge in [0.25, 0.3) is 0 Å². The molecule has 1 rings (SSSR count). The van der Waals surface area contributed by atoms with E-state index in [0.717, 1.165) is 0 Å². The van der Waals surface area contributed by atoms with Crippen molar-refractivity contribution in [2.24, 2.45) is 0 Å². The second-order valence-corrected chi connectivity index (χ2v) is 4.52. The standard InChI is InChI=1S/C11H17N3O2/c1-11(2,3)16-10(15)14-9-5-7(12)4-8(13)6-9/h4-6H,12-13H2,1-3H3,(H,14,15). The first-order chi connectivity index (χ1) is 7.26. The topological polar surface area (TPSA) is 90.4 Å². The SMILES string of the molecule is CC(C)(C)OC(=O)Nc1cc(N)cc(N)c1. The summed E-state index contributed by atoms with van der Waals surface area (Å²) in [6, 6.07) is 4.83. The van der Waals surface area contributed by atoms with Crippen molar-refractivity contribution >= 4 is 23.2 Å². The van der Waals surface area contributed by atoms with E-state index < -0.39 is 11.7 Å². The first kappa shape index (κ1) is 12.2. The molecule has 0 spiro atoms. The molecule has 0 atom stereocenters. The van der Waals surface area contributed by atoms with Crippen molar-refractivity contribution in [1.29, 1.82) is 0 Å². The highest BCUT2D eigenvalue weighted by atomic mass is 16.6. The molecule has 0 aromatic heterocycles. The number of benzene rings is 1. The van der Waals surface area contributed by atoms with Gasteiger partial charge in [-0.2, -0.15) is 0 Å². The number of rotatable bonds is 1. The molecule has 1 aromatic rings. The molecule has 5 nitrogen and oxygen atoms in total. The summed E-state index contributed by atoms with van der Waals surface area (Å²) < 4.78 is 5.09. The van der Waals surface area contributed by atoms with Gasteiger partial charge in [0.1, 0.15) is 5.60 Å². The monoisotopic (exact) mass is 223 g/mol. The van der Waals surface area contributed by atoms with Crippen LogP contribution in [-0.4, -0.2) is 11.7 Å². The van der Waals surface area contributed by atoms with Gasteiger partial charge in [0, 0.05) is 17.1 Å². The van der Waals surface area contributed by atoms with Crippen LogP contribution < -0.4 is 16.8 Å². The molecule has 0 aliphatic carbocycles. The number of nitrogens with two attached hydrogens (primary N) is 2. The van der Waals surface area contributed by atoms with Crippen molar-refractivity contribution < 1.29 is 9.53 Å². The highest BCUT2D eigenvalue weighted by molar-refractivity contribution is 5.86. The summed E-state index contributed by atoms with van der Waals surface area (Å²) >= 11 is 0. The van der Waals surface area contributed by atoms with E-state index in [-0.39, 0.29) is 0 Å². The van der Waals surface area contributed by atoms with Crippen molar-refractivity contribution in [3.8, 4) is 0 Å². The molecule has 0 aliphatic heterocycles. The minimum atomic E-state index is -0.532. The predicted molar refractivity (Wildman–Crippen MR) is 65.1 cm³/mol. The molecule has 5 heteroatoms. The van der Waals surface area contributed by atoms with Crippen LogP contribution >= 0.6 is 0 Å². The van der Waals surface area contributed by atoms with Crippen molar-refractivity contribution in [1.82, 2.24) is 0 Å². The van der Waals surface area contributed by atoms with Crippen LogP contribution in [0.15, 0.2) is 18.2 Å². The summed E-state index contributed by atoms with van der Waals surface area (Å²) in [6.45, 7) is 5.38. The zero-order chi connectivity index (χ0) is 12.3. The van der Waals surface area contributed by atoms with Crippen LogP contribution in [-0.2, 0) is 4.74 Å². The normalized spacial score (nSPS) is 10.9. The largest absolute Gasteiger partial charge is 0.444 e. The van der Waals surface area contributed by atoms with Crippen LogP contribution in [0.2, 0.25) is 0 Å². The minimum absolute atomic E-state index is 0.492. The number of nitrogens with one attached hydrogen (secondary N) is 1. The van der Waals surface area contributed by atoms with E-state index in [4.69, 9.17) is 16.2 Å². The fraction of sp³-hybridized carbons (Fsp3) is 0.364. The average Bonchev–Trinajstić information content (AvgIpc) is 1.96. The Morgan fingerprint density at radius 1 is 1.19 bits per heavy atom. The maximum atomic E-state index is 11.4. The van der Waals surface area contributed by atoms with Crippen molar-refractivity contribution in [2.45, 2.75) is 26.4 Å². The van der Waals surface area contributed by atoms with Crippen LogP contribution in [0.4, 0.5) is 21.9 Å². The van der Waals surface area contributed by atoms with Gasteiger partial charge < -0.3 is 16.2 Å². The van der Waals surface area contributed by atoms with Gasteiger partial charge in [0.2, 0.25) is 0 Å². The van der Waals surface area contributed by atoms with Gasteiger partial charge in [0.15, 0.2) is 0 Å². The molecule has 1 amide bonds. The third-order valence-corrected chi connectivity index (χ3v) is 1.62. The van der Waals surface area contributed by atoms with Gasteiger partial charge in [-0.1, -0.05) is 0 Å². The van der Waals surface area contributed by atoms with E-state index in [1.165, 1.54) is 0 Å². The number of anilines is 3. The lowest BCUT2D eigenvalue weighted by Crippen LogP contribution is -2.27. The molecular formula is C11H17N3O2. The predicted octanol–water partition coefficient (Wildman–Crippen LogP) is 2.20. The quantitative estimate of drug-likeness (QED) is 0.636. The smallest absolute Gasteiger partial charge is 0.412 e. The number of hydrogen-bond acceptors (Lipinski definition) is 4. The summed E-state index contributed by atoms with van der Waals surface area (Å²) in [5.74, 6) is 0. The molecule has 0 bridgehead atoms. The zero-order valence-corrected chi connectivity index (χ0v) is 9.70. The molecule has 5 N–H and O–H groups in total. The Hall–Kier alpha value is -1.91. The minimum Gasteiger partial charge on any atom is -0.444 e. The molecule has 88 valence electrons. The number of carbonyl (C=O) groups excluding carboxylic acids is 1. The highest BCUT2D eigenvalue weighted by Gasteiger charge is 2.16. The summed E-state index contributed by atoms with van der Waals surface area (Å²) in [5.41, 5.74) is 12.2. The van der Waals surface area contributed by atoms with Crippen LogP contribution in [0, 0.1) is 0 Å². The maximum absolute atomic E-state index is 11.4. The van der Waals surface area contributed by atoms with E-state index in [1.54, 1.807) is 39.0 Å². The molecule has 0 heterocycles. The van der Waals surface area contributed by atoms with Crippen LogP contribution in [0.3, 0.4) is 0 Å². The lowest BCUT2D eigenvalue weighted by molar-refractivity contribution is 0.0636. The van der Waals surface area contributed by atoms with E-state index in [1.807, 2.05) is 0 Å². The fourth-order valence-electron chi connectivity index (χ4n) is 1.17. The van der Waals surface area contributed by atoms with E-state index in [9.17, 15) is 4.79 Å². The van der Waals surface area contributed by atoms with Crippen molar-refractivity contribution in [3.05, 3.63) is 18.2 Å². The molecule has 1 aromatic carbocycles. The number of nitrogen functional groups attached to an aromatic ring is 2. The number of carbonyl (C=O) groups is 1. The Balaban J connectivity index is 2.70. The van der Waals surface area contributed by atoms with Gasteiger partial charge in [-0.05, 0) is 39.0 Å². The van der Waals surface area contributed by atoms with Crippen LogP contribution in [0.1, 0.15) is 20.8 Å². The van der Waals surface area contributed by atoms with Crippen molar-refractivity contribution in [2.75, 3.05) is 16.8 Å². The van der Waals surface area contributed by atoms with Gasteiger partial charge >= 0.3 is 6.09 Å². The Morgan fingerprint density at radius 3 is 2.12 bits per heavy atom. The van der Waals surface area contributed by atoms with E-state index >= 15 is 0 Å². The Morgan fingerprint density at radius 2 is 1.69 bits per heavy atom. The molecule has 0 saturated heterocycles. The number of hydrogen-bond donors (Lipinski definition) is 3. The van der Waals surface area contributed by atoms with Gasteiger partial charge in [0.05, 0.1) is 0 Å². The third-order valence-electron chi connectivity index (χ3n) is 1.62. The average molecular weight is 223 g/mol. The maximum Gasteiger partial charge on any atom is 0.412 e. The number of ether oxygens (including phenoxy) is 1. The highest BCUT2D eigenvalue weighted by Crippen LogP contribution is 2.19. The molecule has 0 fully saturated rings. The first-order valence-electron chi connectivity index (χ1n) is 4.92. The second-order valence-electron chi connectivity index (χ2n) is 4.52. The van der Waals surface area contributed by atoms with Gasteiger partial charge in [-0.15, -0.1) is 0 Å². The summed E-state index contributed by atoms with van der Waals surface area (Å²) in [5, 5.41) is 2.56. The third kappa shape index (κ3) is 4.08. The zero-order valence-electron chi connectivity index (χ0n) is 9.70. The Labute approximate surface area is 94.8 Å². The fourth-order valence-corrected chi connectivity index (χ4v) is 1.17. The molecule has 16 heavy (non-hydrogen) atoms. The second kappa shape index (κ2) is 4.30. The van der Waals surface area contributed by atoms with Crippen LogP contribution in [0.5, 0.6) is 0 Å². The number of amides is 1. The lowest BCUT2D eigenvalue weighted by Gasteiger charge is -2.19. The van der Waals surface area contributed by atoms with Crippen molar-refractivity contribution in [3.63, 3.8) is 0 Å². The molecule has 0 saturated carbocycles. The summed E-state index contributed by atoms with van der Waals surface area (Å²) in [7, 11) is 0. The van der Waals surface area contributed by atoms with E-state index in [0.29, 0.717) is 17.1 Å². The van der Waals surface area contributed by atoms with Gasteiger partial charge in [-0.3, -0.25) is 5.32 Å². The first-order valence-corrected chi connectivity index (χ1v) is 4.92. The van der Waals surface area contributed by atoms with Gasteiger partial charge in [-0.25, -0.2) is 4.79 Å². The van der Waals surface area contributed by atoms with Crippen LogP contribution in [0.25, 0.3) is 0 Å². The Bertz CT molecular complexity index is 376. The Kier molecular flexibility index (Phi) is 3.27. The molecule has 0 aliphatic rings. The summed E-state index contributed by atoms with van der Waals surface area (Å²) in [4.78, 5) is 11.4.